The van der Waals surface area contributed by atoms with Crippen LogP contribution < -0.4 is 10.6 Å². The number of nitrogens with one attached hydrogen (secondary N) is 2. The molecular weight excluding hydrogens is 188 g/mol. The average molecular weight is 206 g/mol. The third-order valence-corrected chi connectivity index (χ3v) is 2.66. The Morgan fingerprint density at radius 3 is 3.00 bits per heavy atom. The highest BCUT2D eigenvalue weighted by Crippen LogP contribution is 2.08. The third kappa shape index (κ3) is 2.89. The standard InChI is InChI=1S/C11H18N4/c1-8-6-11(15-9(2)14-8)13-7-10-4-3-5-12-10/h6,10,12H,3-5,7H2,1-2H3,(H,13,14,15). The van der Waals surface area contributed by atoms with Crippen LogP contribution in [0.25, 0.3) is 0 Å². The molecule has 1 aliphatic heterocycles. The van der Waals surface area contributed by atoms with Crippen LogP contribution in [0.5, 0.6) is 0 Å². The summed E-state index contributed by atoms with van der Waals surface area (Å²) >= 11 is 0. The lowest BCUT2D eigenvalue weighted by Crippen LogP contribution is -2.29. The first-order valence-electron chi connectivity index (χ1n) is 5.53. The Labute approximate surface area is 90.5 Å². The molecule has 82 valence electrons. The summed E-state index contributed by atoms with van der Waals surface area (Å²) in [5.41, 5.74) is 1.02. The van der Waals surface area contributed by atoms with Gasteiger partial charge in [-0.3, -0.25) is 0 Å². The fourth-order valence-electron chi connectivity index (χ4n) is 1.97. The predicted octanol–water partition coefficient (Wildman–Crippen LogP) is 1.26. The van der Waals surface area contributed by atoms with Crippen LogP contribution in [0.15, 0.2) is 6.07 Å². The van der Waals surface area contributed by atoms with Crippen molar-refractivity contribution in [1.29, 1.82) is 0 Å². The van der Waals surface area contributed by atoms with Crippen molar-refractivity contribution in [3.63, 3.8) is 0 Å². The minimum absolute atomic E-state index is 0.598. The van der Waals surface area contributed by atoms with E-state index in [0.29, 0.717) is 6.04 Å². The van der Waals surface area contributed by atoms with Gasteiger partial charge < -0.3 is 10.6 Å². The smallest absolute Gasteiger partial charge is 0.129 e. The van der Waals surface area contributed by atoms with E-state index in [0.717, 1.165) is 30.4 Å². The summed E-state index contributed by atoms with van der Waals surface area (Å²) in [5, 5.41) is 6.80. The minimum atomic E-state index is 0.598. The monoisotopic (exact) mass is 206 g/mol. The van der Waals surface area contributed by atoms with Gasteiger partial charge in [0.25, 0.3) is 0 Å². The summed E-state index contributed by atoms with van der Waals surface area (Å²) in [4.78, 5) is 8.59. The van der Waals surface area contributed by atoms with Crippen molar-refractivity contribution in [2.45, 2.75) is 32.7 Å². The normalized spacial score (nSPS) is 20.5. The first-order chi connectivity index (χ1) is 7.24. The molecule has 1 unspecified atom stereocenters. The molecule has 1 aromatic rings. The third-order valence-electron chi connectivity index (χ3n) is 2.66. The maximum atomic E-state index is 4.34. The van der Waals surface area contributed by atoms with Crippen molar-refractivity contribution in [2.75, 3.05) is 18.4 Å². The van der Waals surface area contributed by atoms with E-state index in [2.05, 4.69) is 20.6 Å². The van der Waals surface area contributed by atoms with Crippen molar-refractivity contribution in [3.05, 3.63) is 17.6 Å². The fourth-order valence-corrected chi connectivity index (χ4v) is 1.97. The van der Waals surface area contributed by atoms with Gasteiger partial charge in [-0.2, -0.15) is 0 Å². The Bertz CT molecular complexity index is 311. The highest BCUT2D eigenvalue weighted by Gasteiger charge is 2.13. The van der Waals surface area contributed by atoms with Gasteiger partial charge in [0, 0.05) is 24.3 Å². The van der Waals surface area contributed by atoms with Crippen LogP contribution in [-0.4, -0.2) is 29.1 Å². The molecule has 15 heavy (non-hydrogen) atoms. The van der Waals surface area contributed by atoms with Crippen LogP contribution in [0.2, 0.25) is 0 Å². The van der Waals surface area contributed by atoms with Crippen LogP contribution in [0.1, 0.15) is 24.4 Å². The summed E-state index contributed by atoms with van der Waals surface area (Å²) in [7, 11) is 0. The number of nitrogens with zero attached hydrogens (tertiary/aromatic N) is 2. The Balaban J connectivity index is 1.92. The molecule has 0 aromatic carbocycles. The predicted molar refractivity (Wildman–Crippen MR) is 61.0 cm³/mol. The van der Waals surface area contributed by atoms with E-state index in [-0.39, 0.29) is 0 Å². The van der Waals surface area contributed by atoms with Gasteiger partial charge in [-0.15, -0.1) is 0 Å². The van der Waals surface area contributed by atoms with Gasteiger partial charge in [0.1, 0.15) is 11.6 Å². The lowest BCUT2D eigenvalue weighted by atomic mass is 10.2. The SMILES string of the molecule is Cc1cc(NCC2CCCN2)nc(C)n1. The van der Waals surface area contributed by atoms with Gasteiger partial charge in [0.05, 0.1) is 0 Å². The molecule has 1 aliphatic rings. The summed E-state index contributed by atoms with van der Waals surface area (Å²) in [6.45, 7) is 6.02. The summed E-state index contributed by atoms with van der Waals surface area (Å²) in [5.74, 6) is 1.77. The van der Waals surface area contributed by atoms with Gasteiger partial charge in [0.15, 0.2) is 0 Å². The van der Waals surface area contributed by atoms with Crippen LogP contribution in [0.3, 0.4) is 0 Å². The van der Waals surface area contributed by atoms with Crippen molar-refractivity contribution in [1.82, 2.24) is 15.3 Å². The van der Waals surface area contributed by atoms with Gasteiger partial charge >= 0.3 is 0 Å². The number of aromatic nitrogens is 2. The number of hydrogen-bond acceptors (Lipinski definition) is 4. The van der Waals surface area contributed by atoms with E-state index in [1.54, 1.807) is 0 Å². The number of aryl methyl sites for hydroxylation is 2. The van der Waals surface area contributed by atoms with E-state index >= 15 is 0 Å². The van der Waals surface area contributed by atoms with Crippen molar-refractivity contribution in [2.24, 2.45) is 0 Å². The quantitative estimate of drug-likeness (QED) is 0.781. The van der Waals surface area contributed by atoms with E-state index in [9.17, 15) is 0 Å². The Hall–Kier alpha value is -1.16. The minimum Gasteiger partial charge on any atom is -0.368 e. The maximum absolute atomic E-state index is 4.34. The van der Waals surface area contributed by atoms with Crippen LogP contribution in [0.4, 0.5) is 5.82 Å². The molecule has 1 saturated heterocycles. The van der Waals surface area contributed by atoms with E-state index in [4.69, 9.17) is 0 Å². The second-order valence-corrected chi connectivity index (χ2v) is 4.12. The van der Waals surface area contributed by atoms with Gasteiger partial charge in [-0.05, 0) is 33.2 Å². The molecule has 2 rings (SSSR count). The largest absolute Gasteiger partial charge is 0.368 e. The molecule has 0 bridgehead atoms. The molecule has 1 aromatic heterocycles. The van der Waals surface area contributed by atoms with Crippen LogP contribution >= 0.6 is 0 Å². The molecule has 0 spiro atoms. The van der Waals surface area contributed by atoms with Crippen molar-refractivity contribution >= 4 is 5.82 Å². The molecule has 0 amide bonds. The Kier molecular flexibility index (Phi) is 3.16. The lowest BCUT2D eigenvalue weighted by molar-refractivity contribution is 0.632. The summed E-state index contributed by atoms with van der Waals surface area (Å²) in [6.07, 6.45) is 2.55. The molecule has 4 heteroatoms. The van der Waals surface area contributed by atoms with Gasteiger partial charge in [-0.1, -0.05) is 0 Å². The summed E-state index contributed by atoms with van der Waals surface area (Å²) < 4.78 is 0. The van der Waals surface area contributed by atoms with Crippen molar-refractivity contribution < 1.29 is 0 Å². The highest BCUT2D eigenvalue weighted by atomic mass is 15.1. The van der Waals surface area contributed by atoms with E-state index in [1.165, 1.54) is 12.8 Å². The number of rotatable bonds is 3. The second-order valence-electron chi connectivity index (χ2n) is 4.12. The molecule has 2 heterocycles. The lowest BCUT2D eigenvalue weighted by Gasteiger charge is -2.12. The molecule has 0 radical (unpaired) electrons. The molecule has 0 saturated carbocycles. The Morgan fingerprint density at radius 2 is 2.33 bits per heavy atom. The first-order valence-corrected chi connectivity index (χ1v) is 5.53. The van der Waals surface area contributed by atoms with Gasteiger partial charge in [-0.25, -0.2) is 9.97 Å². The average Bonchev–Trinajstić information content (AvgIpc) is 2.65. The number of hydrogen-bond donors (Lipinski definition) is 2. The topological polar surface area (TPSA) is 49.8 Å². The summed E-state index contributed by atoms with van der Waals surface area (Å²) in [6, 6.07) is 2.59. The zero-order valence-corrected chi connectivity index (χ0v) is 9.38. The first kappa shape index (κ1) is 10.4. The molecule has 4 nitrogen and oxygen atoms in total. The maximum Gasteiger partial charge on any atom is 0.129 e. The molecular formula is C11H18N4. The van der Waals surface area contributed by atoms with Crippen LogP contribution in [-0.2, 0) is 0 Å². The second kappa shape index (κ2) is 4.57. The van der Waals surface area contributed by atoms with Crippen LogP contribution in [0, 0.1) is 13.8 Å². The zero-order chi connectivity index (χ0) is 10.7. The van der Waals surface area contributed by atoms with E-state index in [1.807, 2.05) is 19.9 Å². The van der Waals surface area contributed by atoms with Gasteiger partial charge in [0.2, 0.25) is 0 Å². The molecule has 0 aliphatic carbocycles. The molecule has 1 atom stereocenters. The molecule has 1 fully saturated rings. The highest BCUT2D eigenvalue weighted by molar-refractivity contribution is 5.35. The number of anilines is 1. The zero-order valence-electron chi connectivity index (χ0n) is 9.38. The van der Waals surface area contributed by atoms with Crippen molar-refractivity contribution in [3.8, 4) is 0 Å². The fraction of sp³-hybridized carbons (Fsp3) is 0.636. The molecule has 2 N–H and O–H groups in total. The van der Waals surface area contributed by atoms with E-state index < -0.39 is 0 Å². The Morgan fingerprint density at radius 1 is 1.47 bits per heavy atom.